The van der Waals surface area contributed by atoms with E-state index in [1.165, 1.54) is 0 Å². The minimum absolute atomic E-state index is 0.0315. The fraction of sp³-hybridized carbons (Fsp3) is 0.467. The molecule has 0 spiro atoms. The highest BCUT2D eigenvalue weighted by molar-refractivity contribution is 5.78. The van der Waals surface area contributed by atoms with E-state index in [-0.39, 0.29) is 12.5 Å². The van der Waals surface area contributed by atoms with Gasteiger partial charge in [0.1, 0.15) is 0 Å². The molecule has 1 saturated heterocycles. The molecule has 0 aliphatic carbocycles. The van der Waals surface area contributed by atoms with E-state index in [1.807, 2.05) is 40.8 Å². The first kappa shape index (κ1) is 13.9. The highest BCUT2D eigenvalue weighted by Gasteiger charge is 2.16. The molecule has 3 heterocycles. The Labute approximate surface area is 123 Å². The van der Waals surface area contributed by atoms with Crippen LogP contribution in [0, 0.1) is 6.92 Å². The summed E-state index contributed by atoms with van der Waals surface area (Å²) < 4.78 is 7.60. The van der Waals surface area contributed by atoms with Crippen LogP contribution in [-0.4, -0.2) is 53.0 Å². The number of hydrogen-bond acceptors (Lipinski definition) is 4. The molecule has 1 fully saturated rings. The molecule has 1 N–H and O–H groups in total. The Morgan fingerprint density at radius 3 is 3.24 bits per heavy atom. The van der Waals surface area contributed by atoms with Crippen molar-refractivity contribution in [1.29, 1.82) is 0 Å². The Balaban J connectivity index is 1.67. The number of aromatic nitrogens is 2. The highest BCUT2D eigenvalue weighted by Crippen LogP contribution is 2.18. The molecule has 112 valence electrons. The number of hydrogen-bond donors (Lipinski definition) is 1. The quantitative estimate of drug-likeness (QED) is 0.909. The number of carbonyl (C=O) groups is 1. The van der Waals surface area contributed by atoms with E-state index in [1.54, 1.807) is 0 Å². The molecule has 6 heteroatoms. The number of fused-ring (bicyclic) bond motifs is 1. The van der Waals surface area contributed by atoms with Gasteiger partial charge < -0.3 is 19.4 Å². The van der Waals surface area contributed by atoms with Crippen LogP contribution in [0.1, 0.15) is 12.1 Å². The maximum Gasteiger partial charge on any atom is 0.260 e. The third kappa shape index (κ3) is 3.16. The molecule has 2 aromatic heterocycles. The monoisotopic (exact) mass is 288 g/mol. The first-order valence-electron chi connectivity index (χ1n) is 7.29. The molecule has 6 nitrogen and oxygen atoms in total. The summed E-state index contributed by atoms with van der Waals surface area (Å²) in [5.41, 5.74) is 1.68. The Kier molecular flexibility index (Phi) is 4.06. The van der Waals surface area contributed by atoms with Crippen LogP contribution in [0.5, 0.6) is 5.75 Å². The number of pyridine rings is 1. The SMILES string of the molecule is Cc1cn2cccc(OCC(=O)N3CCCNCC3)c2n1. The zero-order chi connectivity index (χ0) is 14.7. The van der Waals surface area contributed by atoms with Crippen molar-refractivity contribution in [3.63, 3.8) is 0 Å². The van der Waals surface area contributed by atoms with E-state index >= 15 is 0 Å². The number of carbonyl (C=O) groups excluding carboxylic acids is 1. The molecule has 1 aliphatic rings. The van der Waals surface area contributed by atoms with Gasteiger partial charge in [-0.3, -0.25) is 4.79 Å². The van der Waals surface area contributed by atoms with Crippen molar-refractivity contribution >= 4 is 11.6 Å². The van der Waals surface area contributed by atoms with Gasteiger partial charge in [0.15, 0.2) is 18.0 Å². The van der Waals surface area contributed by atoms with Crippen molar-refractivity contribution in [3.8, 4) is 5.75 Å². The Morgan fingerprint density at radius 2 is 2.33 bits per heavy atom. The maximum absolute atomic E-state index is 12.2. The largest absolute Gasteiger partial charge is 0.480 e. The summed E-state index contributed by atoms with van der Waals surface area (Å²) in [7, 11) is 0. The predicted octanol–water partition coefficient (Wildman–Crippen LogP) is 0.843. The summed E-state index contributed by atoms with van der Waals surface area (Å²) in [4.78, 5) is 18.5. The van der Waals surface area contributed by atoms with Crippen LogP contribution in [0.3, 0.4) is 0 Å². The predicted molar refractivity (Wildman–Crippen MR) is 79.5 cm³/mol. The minimum Gasteiger partial charge on any atom is -0.480 e. The second-order valence-electron chi connectivity index (χ2n) is 5.26. The Hall–Kier alpha value is -2.08. The first-order valence-corrected chi connectivity index (χ1v) is 7.29. The standard InChI is InChI=1S/C15H20N4O2/c1-12-10-19-7-2-4-13(15(19)17-12)21-11-14(20)18-8-3-5-16-6-9-18/h2,4,7,10,16H,3,5-6,8-9,11H2,1H3. The molecule has 0 saturated carbocycles. The Bertz CT molecular complexity index is 630. The van der Waals surface area contributed by atoms with Crippen molar-refractivity contribution in [2.45, 2.75) is 13.3 Å². The zero-order valence-corrected chi connectivity index (χ0v) is 12.2. The molecule has 3 rings (SSSR count). The normalized spacial score (nSPS) is 16.0. The summed E-state index contributed by atoms with van der Waals surface area (Å²) in [5, 5.41) is 3.28. The average molecular weight is 288 g/mol. The topological polar surface area (TPSA) is 58.9 Å². The van der Waals surface area contributed by atoms with Crippen LogP contribution in [-0.2, 0) is 4.79 Å². The van der Waals surface area contributed by atoms with E-state index in [9.17, 15) is 4.79 Å². The van der Waals surface area contributed by atoms with Gasteiger partial charge >= 0.3 is 0 Å². The Morgan fingerprint density at radius 1 is 1.43 bits per heavy atom. The van der Waals surface area contributed by atoms with E-state index < -0.39 is 0 Å². The molecule has 0 aromatic carbocycles. The maximum atomic E-state index is 12.2. The second-order valence-corrected chi connectivity index (χ2v) is 5.26. The van der Waals surface area contributed by atoms with Crippen LogP contribution in [0.25, 0.3) is 5.65 Å². The van der Waals surface area contributed by atoms with E-state index in [2.05, 4.69) is 10.3 Å². The molecular formula is C15H20N4O2. The van der Waals surface area contributed by atoms with Gasteiger partial charge in [-0.25, -0.2) is 4.98 Å². The summed E-state index contributed by atoms with van der Waals surface area (Å²) in [6.07, 6.45) is 4.84. The van der Waals surface area contributed by atoms with Crippen LogP contribution in [0.4, 0.5) is 0 Å². The number of amides is 1. The number of ether oxygens (including phenoxy) is 1. The van der Waals surface area contributed by atoms with Crippen LogP contribution >= 0.6 is 0 Å². The van der Waals surface area contributed by atoms with Gasteiger partial charge in [-0.15, -0.1) is 0 Å². The van der Waals surface area contributed by atoms with Crippen molar-refractivity contribution in [2.24, 2.45) is 0 Å². The van der Waals surface area contributed by atoms with Crippen molar-refractivity contribution in [2.75, 3.05) is 32.8 Å². The fourth-order valence-corrected chi connectivity index (χ4v) is 2.55. The molecule has 0 radical (unpaired) electrons. The lowest BCUT2D eigenvalue weighted by atomic mass is 10.4. The summed E-state index contributed by atoms with van der Waals surface area (Å²) in [6, 6.07) is 3.74. The van der Waals surface area contributed by atoms with E-state index in [0.717, 1.165) is 43.9 Å². The van der Waals surface area contributed by atoms with Gasteiger partial charge in [0.25, 0.3) is 5.91 Å². The van der Waals surface area contributed by atoms with Crippen molar-refractivity contribution < 1.29 is 9.53 Å². The number of imidazole rings is 1. The first-order chi connectivity index (χ1) is 10.2. The van der Waals surface area contributed by atoms with Crippen molar-refractivity contribution in [1.82, 2.24) is 19.6 Å². The molecule has 21 heavy (non-hydrogen) atoms. The van der Waals surface area contributed by atoms with Gasteiger partial charge in [0, 0.05) is 32.0 Å². The summed E-state index contributed by atoms with van der Waals surface area (Å²) >= 11 is 0. The molecular weight excluding hydrogens is 268 g/mol. The smallest absolute Gasteiger partial charge is 0.260 e. The van der Waals surface area contributed by atoms with Crippen LogP contribution in [0.2, 0.25) is 0 Å². The third-order valence-corrected chi connectivity index (χ3v) is 3.61. The summed E-state index contributed by atoms with van der Waals surface area (Å²) in [6.45, 7) is 5.35. The highest BCUT2D eigenvalue weighted by atomic mass is 16.5. The van der Waals surface area contributed by atoms with E-state index in [4.69, 9.17) is 4.74 Å². The molecule has 0 atom stereocenters. The molecule has 2 aromatic rings. The lowest BCUT2D eigenvalue weighted by molar-refractivity contribution is -0.133. The van der Waals surface area contributed by atoms with Crippen molar-refractivity contribution in [3.05, 3.63) is 30.2 Å². The zero-order valence-electron chi connectivity index (χ0n) is 12.2. The second kappa shape index (κ2) is 6.13. The molecule has 0 bridgehead atoms. The van der Waals surface area contributed by atoms with E-state index in [0.29, 0.717) is 5.75 Å². The molecule has 1 aliphatic heterocycles. The number of aryl methyl sites for hydroxylation is 1. The number of rotatable bonds is 3. The van der Waals surface area contributed by atoms with Gasteiger partial charge in [0.05, 0.1) is 5.69 Å². The molecule has 0 unspecified atom stereocenters. The fourth-order valence-electron chi connectivity index (χ4n) is 2.55. The number of nitrogens with one attached hydrogen (secondary N) is 1. The lowest BCUT2D eigenvalue weighted by Crippen LogP contribution is -2.37. The minimum atomic E-state index is 0.0315. The van der Waals surface area contributed by atoms with Gasteiger partial charge in [-0.2, -0.15) is 0 Å². The van der Waals surface area contributed by atoms with Gasteiger partial charge in [-0.1, -0.05) is 0 Å². The van der Waals surface area contributed by atoms with Gasteiger partial charge in [-0.05, 0) is 32.0 Å². The molecule has 1 amide bonds. The average Bonchev–Trinajstić information content (AvgIpc) is 2.70. The van der Waals surface area contributed by atoms with Gasteiger partial charge in [0.2, 0.25) is 0 Å². The summed E-state index contributed by atoms with van der Waals surface area (Å²) in [5.74, 6) is 0.677. The number of nitrogens with zero attached hydrogens (tertiary/aromatic N) is 3. The third-order valence-electron chi connectivity index (χ3n) is 3.61. The van der Waals surface area contributed by atoms with Crippen LogP contribution in [0.15, 0.2) is 24.5 Å². The lowest BCUT2D eigenvalue weighted by Gasteiger charge is -2.20. The van der Waals surface area contributed by atoms with Crippen LogP contribution < -0.4 is 10.1 Å².